The summed E-state index contributed by atoms with van der Waals surface area (Å²) in [7, 11) is 0. The summed E-state index contributed by atoms with van der Waals surface area (Å²) in [6, 6.07) is 0. The molecule has 13 heavy (non-hydrogen) atoms. The molecule has 0 saturated carbocycles. The van der Waals surface area contributed by atoms with E-state index in [1.807, 2.05) is 0 Å². The monoisotopic (exact) mass is 185 g/mol. The molecule has 0 heterocycles. The van der Waals surface area contributed by atoms with Gasteiger partial charge in [-0.2, -0.15) is 0 Å². The lowest BCUT2D eigenvalue weighted by Gasteiger charge is -2.04. The van der Waals surface area contributed by atoms with Crippen LogP contribution in [0.25, 0.3) is 0 Å². The minimum atomic E-state index is -0.189. The molecule has 0 spiro atoms. The van der Waals surface area contributed by atoms with Gasteiger partial charge >= 0.3 is 0 Å². The first-order chi connectivity index (χ1) is 6.31. The van der Waals surface area contributed by atoms with E-state index in [1.165, 1.54) is 12.3 Å². The Morgan fingerprint density at radius 2 is 2.08 bits per heavy atom. The lowest BCUT2D eigenvalue weighted by atomic mass is 10.5. The van der Waals surface area contributed by atoms with Crippen LogP contribution in [0.1, 0.15) is 0 Å². The Morgan fingerprint density at radius 1 is 1.31 bits per heavy atom. The number of amides is 1. The van der Waals surface area contributed by atoms with E-state index in [4.69, 9.17) is 9.47 Å². The number of carbonyl (C=O) groups is 1. The fourth-order valence-electron chi connectivity index (χ4n) is 0.611. The van der Waals surface area contributed by atoms with Crippen molar-refractivity contribution in [1.29, 1.82) is 0 Å². The molecule has 0 unspecified atom stereocenters. The molecule has 0 aliphatic rings. The summed E-state index contributed by atoms with van der Waals surface area (Å²) in [5.74, 6) is -0.189. The van der Waals surface area contributed by atoms with Gasteiger partial charge in [-0.3, -0.25) is 4.79 Å². The molecule has 4 nitrogen and oxygen atoms in total. The number of rotatable bonds is 8. The second kappa shape index (κ2) is 8.80. The first-order valence-electron chi connectivity index (χ1n) is 4.01. The van der Waals surface area contributed by atoms with E-state index < -0.39 is 0 Å². The molecule has 0 radical (unpaired) electrons. The van der Waals surface area contributed by atoms with Gasteiger partial charge in [-0.25, -0.2) is 0 Å². The number of hydrogen-bond donors (Lipinski definition) is 1. The van der Waals surface area contributed by atoms with Gasteiger partial charge in [-0.15, -0.1) is 0 Å². The Labute approximate surface area is 78.2 Å². The second-order valence-corrected chi connectivity index (χ2v) is 2.14. The zero-order valence-corrected chi connectivity index (χ0v) is 7.62. The third-order valence-electron chi connectivity index (χ3n) is 1.19. The maximum atomic E-state index is 10.6. The minimum Gasteiger partial charge on any atom is -0.499 e. The highest BCUT2D eigenvalue weighted by Crippen LogP contribution is 1.77. The van der Waals surface area contributed by atoms with Gasteiger partial charge in [0.15, 0.2) is 0 Å². The lowest BCUT2D eigenvalue weighted by Crippen LogP contribution is -2.25. The predicted molar refractivity (Wildman–Crippen MR) is 50.2 cm³/mol. The topological polar surface area (TPSA) is 47.6 Å². The zero-order chi connectivity index (χ0) is 9.94. The highest BCUT2D eigenvalue weighted by Gasteiger charge is 1.92. The van der Waals surface area contributed by atoms with E-state index in [0.29, 0.717) is 26.4 Å². The van der Waals surface area contributed by atoms with Gasteiger partial charge in [0.05, 0.1) is 19.5 Å². The van der Waals surface area contributed by atoms with E-state index in [0.717, 1.165) is 0 Å². The highest BCUT2D eigenvalue weighted by molar-refractivity contribution is 5.86. The van der Waals surface area contributed by atoms with E-state index >= 15 is 0 Å². The molecule has 0 aliphatic heterocycles. The lowest BCUT2D eigenvalue weighted by molar-refractivity contribution is -0.116. The predicted octanol–water partition coefficient (Wildman–Crippen LogP) is 0.465. The minimum absolute atomic E-state index is 0.189. The number of ether oxygens (including phenoxy) is 2. The van der Waals surface area contributed by atoms with Gasteiger partial charge in [0.1, 0.15) is 6.61 Å². The molecule has 0 rings (SSSR count). The normalized spacial score (nSPS) is 8.92. The molecule has 1 N–H and O–H groups in total. The fourth-order valence-corrected chi connectivity index (χ4v) is 0.611. The van der Waals surface area contributed by atoms with Crippen LogP contribution in [0.4, 0.5) is 0 Å². The molecule has 0 fully saturated rings. The van der Waals surface area contributed by atoms with Crippen LogP contribution >= 0.6 is 0 Å². The first-order valence-corrected chi connectivity index (χ1v) is 4.01. The Hall–Kier alpha value is -1.29. The summed E-state index contributed by atoms with van der Waals surface area (Å²) >= 11 is 0. The summed E-state index contributed by atoms with van der Waals surface area (Å²) in [6.45, 7) is 8.64. The average Bonchev–Trinajstić information content (AvgIpc) is 2.16. The second-order valence-electron chi connectivity index (χ2n) is 2.14. The van der Waals surface area contributed by atoms with Gasteiger partial charge in [-0.1, -0.05) is 13.2 Å². The largest absolute Gasteiger partial charge is 0.499 e. The van der Waals surface area contributed by atoms with Crippen LogP contribution in [-0.2, 0) is 14.3 Å². The number of hydrogen-bond acceptors (Lipinski definition) is 3. The van der Waals surface area contributed by atoms with Gasteiger partial charge in [-0.05, 0) is 6.08 Å². The van der Waals surface area contributed by atoms with Gasteiger partial charge < -0.3 is 14.8 Å². The van der Waals surface area contributed by atoms with Crippen molar-refractivity contribution in [2.45, 2.75) is 0 Å². The van der Waals surface area contributed by atoms with Crippen molar-refractivity contribution in [3.05, 3.63) is 25.5 Å². The van der Waals surface area contributed by atoms with E-state index in [-0.39, 0.29) is 5.91 Å². The summed E-state index contributed by atoms with van der Waals surface area (Å²) in [6.07, 6.45) is 2.59. The van der Waals surface area contributed by atoms with Crippen LogP contribution in [0, 0.1) is 0 Å². The molecule has 4 heteroatoms. The molecule has 0 aromatic carbocycles. The van der Waals surface area contributed by atoms with E-state index in [1.54, 1.807) is 0 Å². The Kier molecular flexibility index (Phi) is 7.93. The van der Waals surface area contributed by atoms with E-state index in [9.17, 15) is 4.79 Å². The number of nitrogens with one attached hydrogen (secondary N) is 1. The maximum absolute atomic E-state index is 10.6. The molecule has 0 aromatic rings. The maximum Gasteiger partial charge on any atom is 0.243 e. The highest BCUT2D eigenvalue weighted by atomic mass is 16.5. The van der Waals surface area contributed by atoms with Crippen LogP contribution < -0.4 is 5.32 Å². The summed E-state index contributed by atoms with van der Waals surface area (Å²) in [5, 5.41) is 2.58. The third-order valence-corrected chi connectivity index (χ3v) is 1.19. The van der Waals surface area contributed by atoms with Crippen molar-refractivity contribution in [3.63, 3.8) is 0 Å². The number of carbonyl (C=O) groups excluding carboxylic acids is 1. The average molecular weight is 185 g/mol. The quantitative estimate of drug-likeness (QED) is 0.339. The molecule has 0 aliphatic carbocycles. The van der Waals surface area contributed by atoms with Gasteiger partial charge in [0.25, 0.3) is 0 Å². The molecule has 0 saturated heterocycles. The SMILES string of the molecule is C=COCCOCCNC(=O)C=C. The summed E-state index contributed by atoms with van der Waals surface area (Å²) in [4.78, 5) is 10.6. The fraction of sp³-hybridized carbons (Fsp3) is 0.444. The molecular formula is C9H15NO3. The van der Waals surface area contributed by atoms with Gasteiger partial charge in [0.2, 0.25) is 5.91 Å². The van der Waals surface area contributed by atoms with Crippen LogP contribution in [-0.4, -0.2) is 32.3 Å². The van der Waals surface area contributed by atoms with Crippen molar-refractivity contribution < 1.29 is 14.3 Å². The van der Waals surface area contributed by atoms with Crippen molar-refractivity contribution >= 4 is 5.91 Å². The van der Waals surface area contributed by atoms with Crippen molar-refractivity contribution in [1.82, 2.24) is 5.32 Å². The van der Waals surface area contributed by atoms with Crippen LogP contribution in [0.15, 0.2) is 25.5 Å². The zero-order valence-electron chi connectivity index (χ0n) is 7.62. The van der Waals surface area contributed by atoms with Crippen LogP contribution in [0.5, 0.6) is 0 Å². The molecule has 1 amide bonds. The first kappa shape index (κ1) is 11.7. The van der Waals surface area contributed by atoms with Crippen LogP contribution in [0.2, 0.25) is 0 Å². The molecular weight excluding hydrogens is 170 g/mol. The molecule has 0 atom stereocenters. The standard InChI is InChI=1S/C9H15NO3/c1-3-9(11)10-5-6-13-8-7-12-4-2/h3-4H,1-2,5-8H2,(H,10,11). The van der Waals surface area contributed by atoms with E-state index in [2.05, 4.69) is 18.5 Å². The Balaban J connectivity index is 3.03. The molecule has 0 bridgehead atoms. The molecule has 0 aromatic heterocycles. The summed E-state index contributed by atoms with van der Waals surface area (Å²) in [5.41, 5.74) is 0. The molecule has 74 valence electrons. The Bertz CT molecular complexity index is 168. The smallest absolute Gasteiger partial charge is 0.243 e. The van der Waals surface area contributed by atoms with Gasteiger partial charge in [0, 0.05) is 6.54 Å². The van der Waals surface area contributed by atoms with Crippen molar-refractivity contribution in [2.75, 3.05) is 26.4 Å². The summed E-state index contributed by atoms with van der Waals surface area (Å²) < 4.78 is 9.93. The Morgan fingerprint density at radius 3 is 2.69 bits per heavy atom. The van der Waals surface area contributed by atoms with Crippen molar-refractivity contribution in [3.8, 4) is 0 Å². The third kappa shape index (κ3) is 8.62. The van der Waals surface area contributed by atoms with Crippen molar-refractivity contribution in [2.24, 2.45) is 0 Å². The van der Waals surface area contributed by atoms with Crippen LogP contribution in [0.3, 0.4) is 0 Å².